The first kappa shape index (κ1) is 13.7. The van der Waals surface area contributed by atoms with Crippen LogP contribution in [0.25, 0.3) is 0 Å². The predicted octanol–water partition coefficient (Wildman–Crippen LogP) is 2.54. The van der Waals surface area contributed by atoms with Gasteiger partial charge >= 0.3 is 0 Å². The molecule has 1 amide bonds. The molecular formula is C15H22N2O2. The van der Waals surface area contributed by atoms with Crippen molar-refractivity contribution in [3.63, 3.8) is 0 Å². The van der Waals surface area contributed by atoms with Crippen molar-refractivity contribution in [2.75, 3.05) is 25.9 Å². The first-order valence-corrected chi connectivity index (χ1v) is 6.66. The second-order valence-corrected chi connectivity index (χ2v) is 5.91. The second-order valence-electron chi connectivity index (χ2n) is 5.91. The van der Waals surface area contributed by atoms with Gasteiger partial charge in [-0.3, -0.25) is 4.79 Å². The number of hydrogen-bond donors (Lipinski definition) is 1. The zero-order valence-corrected chi connectivity index (χ0v) is 11.9. The summed E-state index contributed by atoms with van der Waals surface area (Å²) < 4.78 is 5.10. The molecule has 0 radical (unpaired) electrons. The van der Waals surface area contributed by atoms with Gasteiger partial charge < -0.3 is 15.4 Å². The number of piperidine rings is 1. The minimum atomic E-state index is 0.0600. The summed E-state index contributed by atoms with van der Waals surface area (Å²) >= 11 is 0. The van der Waals surface area contributed by atoms with E-state index in [1.54, 1.807) is 25.3 Å². The normalized spacial score (nSPS) is 18.2. The van der Waals surface area contributed by atoms with E-state index in [0.29, 0.717) is 22.4 Å². The average molecular weight is 262 g/mol. The molecule has 0 atom stereocenters. The number of benzene rings is 1. The molecule has 1 heterocycles. The zero-order chi connectivity index (χ0) is 14.0. The van der Waals surface area contributed by atoms with Crippen LogP contribution < -0.4 is 10.5 Å². The van der Waals surface area contributed by atoms with Gasteiger partial charge in [0.05, 0.1) is 12.8 Å². The van der Waals surface area contributed by atoms with Gasteiger partial charge in [0.1, 0.15) is 5.75 Å². The van der Waals surface area contributed by atoms with Gasteiger partial charge in [-0.2, -0.15) is 0 Å². The van der Waals surface area contributed by atoms with Crippen molar-refractivity contribution in [2.45, 2.75) is 26.7 Å². The number of anilines is 1. The van der Waals surface area contributed by atoms with E-state index in [1.165, 1.54) is 0 Å². The highest BCUT2D eigenvalue weighted by Crippen LogP contribution is 2.31. The van der Waals surface area contributed by atoms with E-state index in [0.717, 1.165) is 25.9 Å². The average Bonchev–Trinajstić information content (AvgIpc) is 2.38. The van der Waals surface area contributed by atoms with Gasteiger partial charge in [0.15, 0.2) is 0 Å². The van der Waals surface area contributed by atoms with Crippen molar-refractivity contribution in [1.29, 1.82) is 0 Å². The second kappa shape index (κ2) is 5.11. The minimum absolute atomic E-state index is 0.0600. The van der Waals surface area contributed by atoms with Crippen molar-refractivity contribution >= 4 is 11.6 Å². The standard InChI is InChI=1S/C15H22N2O2/c1-15(2)6-8-17(9-7-15)14(18)11-4-5-13(19-3)12(16)10-11/h4-5,10H,6-9,16H2,1-3H3. The Kier molecular flexibility index (Phi) is 3.69. The molecule has 19 heavy (non-hydrogen) atoms. The number of hydrogen-bond acceptors (Lipinski definition) is 3. The maximum absolute atomic E-state index is 12.4. The van der Waals surface area contributed by atoms with Crippen molar-refractivity contribution in [1.82, 2.24) is 4.90 Å². The van der Waals surface area contributed by atoms with Gasteiger partial charge in [-0.25, -0.2) is 0 Å². The molecule has 1 aromatic rings. The van der Waals surface area contributed by atoms with E-state index in [1.807, 2.05) is 4.90 Å². The molecule has 0 spiro atoms. The number of methoxy groups -OCH3 is 1. The van der Waals surface area contributed by atoms with Gasteiger partial charge in [-0.15, -0.1) is 0 Å². The lowest BCUT2D eigenvalue weighted by Crippen LogP contribution is -2.41. The van der Waals surface area contributed by atoms with Crippen LogP contribution in [0.1, 0.15) is 37.0 Å². The summed E-state index contributed by atoms with van der Waals surface area (Å²) in [6.45, 7) is 6.13. The molecule has 4 nitrogen and oxygen atoms in total. The first-order chi connectivity index (χ1) is 8.93. The molecule has 104 valence electrons. The molecule has 1 aliphatic rings. The van der Waals surface area contributed by atoms with Crippen LogP contribution >= 0.6 is 0 Å². The van der Waals surface area contributed by atoms with Crippen molar-refractivity contribution in [3.8, 4) is 5.75 Å². The Bertz CT molecular complexity index is 473. The fourth-order valence-corrected chi connectivity index (χ4v) is 2.37. The molecule has 2 N–H and O–H groups in total. The lowest BCUT2D eigenvalue weighted by molar-refractivity contribution is 0.0630. The maximum Gasteiger partial charge on any atom is 0.253 e. The molecule has 1 fully saturated rings. The zero-order valence-electron chi connectivity index (χ0n) is 11.9. The fourth-order valence-electron chi connectivity index (χ4n) is 2.37. The molecule has 0 saturated carbocycles. The summed E-state index contributed by atoms with van der Waals surface area (Å²) in [5, 5.41) is 0. The summed E-state index contributed by atoms with van der Waals surface area (Å²) in [6, 6.07) is 5.22. The van der Waals surface area contributed by atoms with Crippen LogP contribution in [0.2, 0.25) is 0 Å². The molecule has 0 bridgehead atoms. The monoisotopic (exact) mass is 262 g/mol. The quantitative estimate of drug-likeness (QED) is 0.833. The third kappa shape index (κ3) is 3.00. The Morgan fingerprint density at radius 2 is 1.95 bits per heavy atom. The third-order valence-electron chi connectivity index (χ3n) is 3.88. The number of nitrogen functional groups attached to an aromatic ring is 1. The van der Waals surface area contributed by atoms with E-state index in [-0.39, 0.29) is 5.91 Å². The number of nitrogens with zero attached hydrogens (tertiary/aromatic N) is 1. The Morgan fingerprint density at radius 3 is 2.47 bits per heavy atom. The molecule has 4 heteroatoms. The topological polar surface area (TPSA) is 55.6 Å². The lowest BCUT2D eigenvalue weighted by Gasteiger charge is -2.37. The lowest BCUT2D eigenvalue weighted by atomic mass is 9.82. The smallest absolute Gasteiger partial charge is 0.253 e. The van der Waals surface area contributed by atoms with E-state index in [4.69, 9.17) is 10.5 Å². The SMILES string of the molecule is COc1ccc(C(=O)N2CCC(C)(C)CC2)cc1N. The largest absolute Gasteiger partial charge is 0.495 e. The van der Waals surface area contributed by atoms with Gasteiger partial charge in [-0.05, 0) is 36.5 Å². The van der Waals surface area contributed by atoms with Crippen LogP contribution in [0, 0.1) is 5.41 Å². The Labute approximate surface area is 114 Å². The number of likely N-dealkylation sites (tertiary alicyclic amines) is 1. The molecule has 0 unspecified atom stereocenters. The molecular weight excluding hydrogens is 240 g/mol. The number of ether oxygens (including phenoxy) is 1. The van der Waals surface area contributed by atoms with Crippen LogP contribution in [0.15, 0.2) is 18.2 Å². The number of rotatable bonds is 2. The van der Waals surface area contributed by atoms with Crippen molar-refractivity contribution in [3.05, 3.63) is 23.8 Å². The molecule has 0 aromatic heterocycles. The molecule has 0 aliphatic carbocycles. The Morgan fingerprint density at radius 1 is 1.32 bits per heavy atom. The van der Waals surface area contributed by atoms with Crippen molar-refractivity contribution in [2.24, 2.45) is 5.41 Å². The van der Waals surface area contributed by atoms with Gasteiger partial charge in [0.2, 0.25) is 0 Å². The van der Waals surface area contributed by atoms with E-state index < -0.39 is 0 Å². The molecule has 1 aromatic carbocycles. The maximum atomic E-state index is 12.4. The number of amides is 1. The highest BCUT2D eigenvalue weighted by Gasteiger charge is 2.28. The third-order valence-corrected chi connectivity index (χ3v) is 3.88. The summed E-state index contributed by atoms with van der Waals surface area (Å²) in [7, 11) is 1.57. The number of carbonyl (C=O) groups excluding carboxylic acids is 1. The Balaban J connectivity index is 2.10. The fraction of sp³-hybridized carbons (Fsp3) is 0.533. The highest BCUT2D eigenvalue weighted by molar-refractivity contribution is 5.95. The van der Waals surface area contributed by atoms with Crippen LogP contribution in [0.3, 0.4) is 0 Å². The van der Waals surface area contributed by atoms with Gasteiger partial charge in [-0.1, -0.05) is 13.8 Å². The van der Waals surface area contributed by atoms with Crippen molar-refractivity contribution < 1.29 is 9.53 Å². The first-order valence-electron chi connectivity index (χ1n) is 6.66. The molecule has 1 saturated heterocycles. The summed E-state index contributed by atoms with van der Waals surface area (Å²) in [5.41, 5.74) is 7.33. The van der Waals surface area contributed by atoms with Crippen LogP contribution in [-0.4, -0.2) is 31.0 Å². The molecule has 1 aliphatic heterocycles. The molecule has 2 rings (SSSR count). The summed E-state index contributed by atoms with van der Waals surface area (Å²) in [5.74, 6) is 0.668. The van der Waals surface area contributed by atoms with Crippen LogP contribution in [-0.2, 0) is 0 Å². The number of carbonyl (C=O) groups is 1. The Hall–Kier alpha value is -1.71. The van der Waals surface area contributed by atoms with E-state index >= 15 is 0 Å². The predicted molar refractivity (Wildman–Crippen MR) is 76.3 cm³/mol. The van der Waals surface area contributed by atoms with E-state index in [2.05, 4.69) is 13.8 Å². The van der Waals surface area contributed by atoms with Crippen LogP contribution in [0.4, 0.5) is 5.69 Å². The van der Waals surface area contributed by atoms with Gasteiger partial charge in [0.25, 0.3) is 5.91 Å². The summed E-state index contributed by atoms with van der Waals surface area (Å²) in [4.78, 5) is 14.3. The number of nitrogens with two attached hydrogens (primary N) is 1. The minimum Gasteiger partial charge on any atom is -0.495 e. The van der Waals surface area contributed by atoms with Gasteiger partial charge in [0, 0.05) is 18.7 Å². The highest BCUT2D eigenvalue weighted by atomic mass is 16.5. The van der Waals surface area contributed by atoms with E-state index in [9.17, 15) is 4.79 Å². The van der Waals surface area contributed by atoms with Crippen LogP contribution in [0.5, 0.6) is 5.75 Å². The summed E-state index contributed by atoms with van der Waals surface area (Å²) in [6.07, 6.45) is 2.09.